The molecule has 1 saturated heterocycles. The fourth-order valence-electron chi connectivity index (χ4n) is 1.82. The van der Waals surface area contributed by atoms with Gasteiger partial charge in [-0.05, 0) is 13.8 Å². The van der Waals surface area contributed by atoms with Crippen LogP contribution in [0.1, 0.15) is 26.6 Å². The molecule has 0 aromatic carbocycles. The van der Waals surface area contributed by atoms with Gasteiger partial charge >= 0.3 is 0 Å². The molecule has 0 aliphatic carbocycles. The SMILES string of the molecule is CCc1nsc(N2CCS(=O)(=O)C(C)(C)C2)n1. The van der Waals surface area contributed by atoms with E-state index in [1.807, 2.05) is 11.8 Å². The Kier molecular flexibility index (Phi) is 3.15. The zero-order valence-corrected chi connectivity index (χ0v) is 11.9. The summed E-state index contributed by atoms with van der Waals surface area (Å²) >= 11 is 1.35. The highest BCUT2D eigenvalue weighted by Crippen LogP contribution is 2.28. The Labute approximate surface area is 106 Å². The quantitative estimate of drug-likeness (QED) is 0.809. The van der Waals surface area contributed by atoms with Gasteiger partial charge in [0.25, 0.3) is 0 Å². The molecule has 1 fully saturated rings. The lowest BCUT2D eigenvalue weighted by atomic mass is 10.2. The molecule has 0 unspecified atom stereocenters. The maximum atomic E-state index is 11.9. The van der Waals surface area contributed by atoms with Crippen molar-refractivity contribution in [3.05, 3.63) is 5.82 Å². The monoisotopic (exact) mass is 275 g/mol. The van der Waals surface area contributed by atoms with Crippen molar-refractivity contribution < 1.29 is 8.42 Å². The van der Waals surface area contributed by atoms with Crippen LogP contribution in [0.25, 0.3) is 0 Å². The first kappa shape index (κ1) is 12.8. The second-order valence-electron chi connectivity index (χ2n) is 4.85. The third-order valence-corrected chi connectivity index (χ3v) is 6.44. The molecule has 17 heavy (non-hydrogen) atoms. The predicted octanol–water partition coefficient (Wildman–Crippen LogP) is 1.11. The number of anilines is 1. The van der Waals surface area contributed by atoms with Gasteiger partial charge in [0.1, 0.15) is 5.82 Å². The van der Waals surface area contributed by atoms with Gasteiger partial charge in [-0.3, -0.25) is 0 Å². The van der Waals surface area contributed by atoms with Crippen molar-refractivity contribution in [2.45, 2.75) is 31.9 Å². The van der Waals surface area contributed by atoms with E-state index in [-0.39, 0.29) is 5.75 Å². The molecule has 1 aliphatic heterocycles. The fraction of sp³-hybridized carbons (Fsp3) is 0.800. The number of sulfone groups is 1. The highest BCUT2D eigenvalue weighted by molar-refractivity contribution is 7.92. The predicted molar refractivity (Wildman–Crippen MR) is 69.4 cm³/mol. The molecule has 2 rings (SSSR count). The fourth-order valence-corrected chi connectivity index (χ4v) is 3.96. The Hall–Kier alpha value is -0.690. The van der Waals surface area contributed by atoms with E-state index in [0.717, 1.165) is 17.4 Å². The van der Waals surface area contributed by atoms with Crippen LogP contribution >= 0.6 is 11.5 Å². The normalized spacial score (nSPS) is 22.6. The Bertz CT molecular complexity index is 507. The largest absolute Gasteiger partial charge is 0.344 e. The van der Waals surface area contributed by atoms with Gasteiger partial charge in [-0.25, -0.2) is 13.4 Å². The molecule has 5 nitrogen and oxygen atoms in total. The van der Waals surface area contributed by atoms with Crippen molar-refractivity contribution in [2.24, 2.45) is 0 Å². The Morgan fingerprint density at radius 2 is 2.18 bits per heavy atom. The summed E-state index contributed by atoms with van der Waals surface area (Å²) in [7, 11) is -2.99. The lowest BCUT2D eigenvalue weighted by Crippen LogP contribution is -2.53. The van der Waals surface area contributed by atoms with Crippen LogP contribution < -0.4 is 4.90 Å². The van der Waals surface area contributed by atoms with Crippen LogP contribution in [0, 0.1) is 0 Å². The van der Waals surface area contributed by atoms with Crippen molar-refractivity contribution in [3.63, 3.8) is 0 Å². The molecule has 0 radical (unpaired) electrons. The van der Waals surface area contributed by atoms with E-state index in [9.17, 15) is 8.42 Å². The van der Waals surface area contributed by atoms with Crippen LogP contribution in [-0.2, 0) is 16.3 Å². The van der Waals surface area contributed by atoms with Gasteiger partial charge in [0.2, 0.25) is 5.13 Å². The van der Waals surface area contributed by atoms with E-state index in [0.29, 0.717) is 13.1 Å². The van der Waals surface area contributed by atoms with Crippen LogP contribution in [0.2, 0.25) is 0 Å². The zero-order valence-electron chi connectivity index (χ0n) is 10.3. The van der Waals surface area contributed by atoms with Crippen LogP contribution in [0.15, 0.2) is 0 Å². The summed E-state index contributed by atoms with van der Waals surface area (Å²) in [5.74, 6) is 1.03. The summed E-state index contributed by atoms with van der Waals surface area (Å²) < 4.78 is 27.3. The van der Waals surface area contributed by atoms with E-state index in [2.05, 4.69) is 9.36 Å². The summed E-state index contributed by atoms with van der Waals surface area (Å²) in [6, 6.07) is 0. The molecule has 96 valence electrons. The molecule has 0 N–H and O–H groups in total. The third-order valence-electron chi connectivity index (χ3n) is 3.09. The highest BCUT2D eigenvalue weighted by atomic mass is 32.2. The Morgan fingerprint density at radius 3 is 2.71 bits per heavy atom. The van der Waals surface area contributed by atoms with E-state index in [4.69, 9.17) is 0 Å². The molecular weight excluding hydrogens is 258 g/mol. The number of hydrogen-bond donors (Lipinski definition) is 0. The topological polar surface area (TPSA) is 63.2 Å². The minimum absolute atomic E-state index is 0.195. The smallest absolute Gasteiger partial charge is 0.205 e. The van der Waals surface area contributed by atoms with Crippen molar-refractivity contribution in [1.82, 2.24) is 9.36 Å². The maximum absolute atomic E-state index is 11.9. The molecular formula is C10H17N3O2S2. The molecule has 0 saturated carbocycles. The molecule has 0 spiro atoms. The summed E-state index contributed by atoms with van der Waals surface area (Å²) in [4.78, 5) is 6.43. The summed E-state index contributed by atoms with van der Waals surface area (Å²) in [5.41, 5.74) is 0. The van der Waals surface area contributed by atoms with E-state index in [1.165, 1.54) is 11.5 Å². The van der Waals surface area contributed by atoms with E-state index in [1.54, 1.807) is 13.8 Å². The number of rotatable bonds is 2. The number of nitrogens with zero attached hydrogens (tertiary/aromatic N) is 3. The average molecular weight is 275 g/mol. The first-order chi connectivity index (χ1) is 7.86. The van der Waals surface area contributed by atoms with Crippen molar-refractivity contribution in [3.8, 4) is 0 Å². The lowest BCUT2D eigenvalue weighted by Gasteiger charge is -2.37. The Balaban J connectivity index is 2.21. The lowest BCUT2D eigenvalue weighted by molar-refractivity contribution is 0.522. The molecule has 0 atom stereocenters. The molecule has 0 bridgehead atoms. The summed E-state index contributed by atoms with van der Waals surface area (Å²) in [6.07, 6.45) is 0.812. The molecule has 2 heterocycles. The average Bonchev–Trinajstić information content (AvgIpc) is 2.70. The maximum Gasteiger partial charge on any atom is 0.205 e. The van der Waals surface area contributed by atoms with Crippen LogP contribution in [-0.4, -0.2) is 41.4 Å². The van der Waals surface area contributed by atoms with Crippen molar-refractivity contribution in [1.29, 1.82) is 0 Å². The van der Waals surface area contributed by atoms with Gasteiger partial charge in [0.05, 0.1) is 10.5 Å². The second kappa shape index (κ2) is 4.20. The van der Waals surface area contributed by atoms with Crippen LogP contribution in [0.5, 0.6) is 0 Å². The van der Waals surface area contributed by atoms with Gasteiger partial charge in [0, 0.05) is 31.0 Å². The van der Waals surface area contributed by atoms with Crippen LogP contribution in [0.3, 0.4) is 0 Å². The zero-order chi connectivity index (χ0) is 12.7. The first-order valence-corrected chi connectivity index (χ1v) is 8.08. The molecule has 7 heteroatoms. The number of aromatic nitrogens is 2. The van der Waals surface area contributed by atoms with Gasteiger partial charge in [-0.1, -0.05) is 6.92 Å². The third kappa shape index (κ3) is 2.30. The molecule has 1 aromatic rings. The molecule has 1 aromatic heterocycles. The molecule has 1 aliphatic rings. The second-order valence-corrected chi connectivity index (χ2v) is 8.32. The first-order valence-electron chi connectivity index (χ1n) is 5.65. The summed E-state index contributed by atoms with van der Waals surface area (Å²) in [5, 5.41) is 0.838. The minimum atomic E-state index is -2.99. The van der Waals surface area contributed by atoms with Gasteiger partial charge < -0.3 is 4.90 Å². The number of aryl methyl sites for hydroxylation is 1. The van der Waals surface area contributed by atoms with Gasteiger partial charge in [-0.15, -0.1) is 0 Å². The summed E-state index contributed by atoms with van der Waals surface area (Å²) in [6.45, 7) is 6.57. The molecule has 0 amide bonds. The van der Waals surface area contributed by atoms with E-state index >= 15 is 0 Å². The highest BCUT2D eigenvalue weighted by Gasteiger charge is 2.40. The van der Waals surface area contributed by atoms with Crippen molar-refractivity contribution >= 4 is 26.5 Å². The van der Waals surface area contributed by atoms with E-state index < -0.39 is 14.6 Å². The van der Waals surface area contributed by atoms with Gasteiger partial charge in [0.15, 0.2) is 9.84 Å². The Morgan fingerprint density at radius 1 is 1.47 bits per heavy atom. The minimum Gasteiger partial charge on any atom is -0.344 e. The van der Waals surface area contributed by atoms with Gasteiger partial charge in [-0.2, -0.15) is 4.37 Å². The van der Waals surface area contributed by atoms with Crippen LogP contribution in [0.4, 0.5) is 5.13 Å². The number of hydrogen-bond acceptors (Lipinski definition) is 6. The standard InChI is InChI=1S/C10H17N3O2S2/c1-4-8-11-9(16-12-8)13-5-6-17(14,15)10(2,3)7-13/h4-7H2,1-3H3. The van der Waals surface area contributed by atoms with Crippen molar-refractivity contribution in [2.75, 3.05) is 23.7 Å².